The van der Waals surface area contributed by atoms with Gasteiger partial charge in [-0.25, -0.2) is 0 Å². The molecule has 1 aliphatic carbocycles. The number of nitrogens with one attached hydrogen (secondary N) is 1. The van der Waals surface area contributed by atoms with Crippen molar-refractivity contribution in [1.82, 2.24) is 5.32 Å². The fraction of sp³-hybridized carbons (Fsp3) is 0.818. The molecule has 0 aromatic rings. The molecular formula is C11H19NO5. The number of aliphatic hydroxyl groups excluding tert-OH is 1. The summed E-state index contributed by atoms with van der Waals surface area (Å²) in [6.07, 6.45) is 0. The van der Waals surface area contributed by atoms with E-state index < -0.39 is 41.3 Å². The highest BCUT2D eigenvalue weighted by Gasteiger charge is 2.65. The monoisotopic (exact) mass is 245 g/mol. The molecule has 1 rings (SSSR count). The van der Waals surface area contributed by atoms with Crippen molar-refractivity contribution in [2.24, 2.45) is 17.3 Å². The second-order valence-corrected chi connectivity index (χ2v) is 5.49. The molecule has 0 aromatic heterocycles. The average Bonchev–Trinajstić information content (AvgIpc) is 2.78. The lowest BCUT2D eigenvalue weighted by molar-refractivity contribution is -0.140. The lowest BCUT2D eigenvalue weighted by atomic mass is 10.1. The molecule has 3 unspecified atom stereocenters. The van der Waals surface area contributed by atoms with E-state index in [0.29, 0.717) is 0 Å². The molecule has 6 heteroatoms. The van der Waals surface area contributed by atoms with Crippen molar-refractivity contribution in [3.8, 4) is 0 Å². The summed E-state index contributed by atoms with van der Waals surface area (Å²) in [5, 5.41) is 29.7. The van der Waals surface area contributed by atoms with Crippen LogP contribution in [0.25, 0.3) is 0 Å². The molecule has 1 fully saturated rings. The first-order valence-electron chi connectivity index (χ1n) is 5.47. The quantitative estimate of drug-likeness (QED) is 0.507. The van der Waals surface area contributed by atoms with Crippen molar-refractivity contribution in [3.05, 3.63) is 0 Å². The number of hydrogen-bond donors (Lipinski definition) is 4. The molecule has 4 N–H and O–H groups in total. The summed E-state index contributed by atoms with van der Waals surface area (Å²) >= 11 is 0. The minimum absolute atomic E-state index is 0.0960. The van der Waals surface area contributed by atoms with E-state index in [1.807, 2.05) is 0 Å². The second kappa shape index (κ2) is 4.27. The van der Waals surface area contributed by atoms with Crippen LogP contribution in [0, 0.1) is 17.3 Å². The van der Waals surface area contributed by atoms with E-state index in [0.717, 1.165) is 0 Å². The van der Waals surface area contributed by atoms with Crippen LogP contribution in [-0.2, 0) is 9.59 Å². The second-order valence-electron chi connectivity index (χ2n) is 5.49. The standard InChI is InChI=1S/C11H19NO5/c1-10(2)6(7(10)9(15)16)8(14)12-4-11(3,17)5-13/h6-7,13,17H,4-5H2,1-3H3,(H,12,14)(H,15,16). The van der Waals surface area contributed by atoms with Crippen LogP contribution < -0.4 is 5.32 Å². The normalized spacial score (nSPS) is 29.2. The van der Waals surface area contributed by atoms with Crippen LogP contribution in [0.4, 0.5) is 0 Å². The summed E-state index contributed by atoms with van der Waals surface area (Å²) in [5.41, 5.74) is -1.94. The highest BCUT2D eigenvalue weighted by Crippen LogP contribution is 2.58. The van der Waals surface area contributed by atoms with Gasteiger partial charge in [0.15, 0.2) is 0 Å². The summed E-state index contributed by atoms with van der Waals surface area (Å²) in [4.78, 5) is 22.6. The predicted octanol–water partition coefficient (Wildman–Crippen LogP) is -0.797. The molecule has 0 saturated heterocycles. The Hall–Kier alpha value is -1.14. The van der Waals surface area contributed by atoms with Crippen LogP contribution >= 0.6 is 0 Å². The summed E-state index contributed by atoms with van der Waals surface area (Å²) in [7, 11) is 0. The average molecular weight is 245 g/mol. The molecule has 0 heterocycles. The number of aliphatic hydroxyl groups is 2. The molecular weight excluding hydrogens is 226 g/mol. The minimum Gasteiger partial charge on any atom is -0.481 e. The number of rotatable bonds is 5. The lowest BCUT2D eigenvalue weighted by Crippen LogP contribution is -2.44. The van der Waals surface area contributed by atoms with Crippen molar-refractivity contribution < 1.29 is 24.9 Å². The van der Waals surface area contributed by atoms with Gasteiger partial charge in [-0.05, 0) is 12.3 Å². The molecule has 1 aliphatic rings. The minimum atomic E-state index is -1.38. The summed E-state index contributed by atoms with van der Waals surface area (Å²) < 4.78 is 0. The maximum absolute atomic E-state index is 11.7. The Balaban J connectivity index is 2.54. The Morgan fingerprint density at radius 1 is 1.35 bits per heavy atom. The molecule has 0 spiro atoms. The zero-order chi connectivity index (χ0) is 13.4. The van der Waals surface area contributed by atoms with Gasteiger partial charge in [0.25, 0.3) is 0 Å². The molecule has 98 valence electrons. The number of carboxylic acids is 1. The molecule has 0 aliphatic heterocycles. The topological polar surface area (TPSA) is 107 Å². The fourth-order valence-electron chi connectivity index (χ4n) is 2.03. The van der Waals surface area contributed by atoms with Gasteiger partial charge in [0.2, 0.25) is 5.91 Å². The highest BCUT2D eigenvalue weighted by molar-refractivity contribution is 5.91. The lowest BCUT2D eigenvalue weighted by Gasteiger charge is -2.20. The van der Waals surface area contributed by atoms with Gasteiger partial charge in [0.1, 0.15) is 5.60 Å². The number of carbonyl (C=O) groups excluding carboxylic acids is 1. The summed E-state index contributed by atoms with van der Waals surface area (Å²) in [6, 6.07) is 0. The van der Waals surface area contributed by atoms with E-state index in [1.54, 1.807) is 13.8 Å². The van der Waals surface area contributed by atoms with Crippen LogP contribution in [-0.4, -0.2) is 45.9 Å². The zero-order valence-corrected chi connectivity index (χ0v) is 10.2. The van der Waals surface area contributed by atoms with Gasteiger partial charge in [-0.2, -0.15) is 0 Å². The molecule has 0 bridgehead atoms. The van der Waals surface area contributed by atoms with Crippen molar-refractivity contribution in [1.29, 1.82) is 0 Å². The van der Waals surface area contributed by atoms with Crippen molar-refractivity contribution in [2.45, 2.75) is 26.4 Å². The van der Waals surface area contributed by atoms with Gasteiger partial charge in [-0.3, -0.25) is 9.59 Å². The van der Waals surface area contributed by atoms with Gasteiger partial charge in [-0.1, -0.05) is 13.8 Å². The van der Waals surface area contributed by atoms with Crippen LogP contribution in [0.15, 0.2) is 0 Å². The van der Waals surface area contributed by atoms with Crippen molar-refractivity contribution in [3.63, 3.8) is 0 Å². The molecule has 3 atom stereocenters. The van der Waals surface area contributed by atoms with E-state index in [9.17, 15) is 14.7 Å². The first-order valence-corrected chi connectivity index (χ1v) is 5.47. The first kappa shape index (κ1) is 13.9. The van der Waals surface area contributed by atoms with Gasteiger partial charge >= 0.3 is 5.97 Å². The number of hydrogen-bond acceptors (Lipinski definition) is 4. The van der Waals surface area contributed by atoms with E-state index in [1.165, 1.54) is 6.92 Å². The zero-order valence-electron chi connectivity index (χ0n) is 10.2. The molecule has 6 nitrogen and oxygen atoms in total. The Kier molecular flexibility index (Phi) is 3.50. The predicted molar refractivity (Wildman–Crippen MR) is 59.1 cm³/mol. The van der Waals surface area contributed by atoms with E-state index in [-0.39, 0.29) is 6.54 Å². The maximum Gasteiger partial charge on any atom is 0.307 e. The highest BCUT2D eigenvalue weighted by atomic mass is 16.4. The molecule has 1 saturated carbocycles. The Morgan fingerprint density at radius 2 is 1.88 bits per heavy atom. The third-order valence-corrected chi connectivity index (χ3v) is 3.36. The number of amides is 1. The Bertz CT molecular complexity index is 337. The number of carboxylic acid groups (broad SMARTS) is 1. The summed E-state index contributed by atoms with van der Waals surface area (Å²) in [5.74, 6) is -2.63. The SMILES string of the molecule is CC(O)(CO)CNC(=O)C1C(C(=O)O)C1(C)C. The number of carbonyl (C=O) groups is 2. The van der Waals surface area contributed by atoms with E-state index >= 15 is 0 Å². The third kappa shape index (κ3) is 2.76. The third-order valence-electron chi connectivity index (χ3n) is 3.36. The number of aliphatic carboxylic acids is 1. The van der Waals surface area contributed by atoms with E-state index in [2.05, 4.69) is 5.32 Å². The Labute approximate surface area is 99.6 Å². The Morgan fingerprint density at radius 3 is 2.24 bits per heavy atom. The van der Waals surface area contributed by atoms with Crippen LogP contribution in [0.5, 0.6) is 0 Å². The molecule has 1 amide bonds. The smallest absolute Gasteiger partial charge is 0.307 e. The van der Waals surface area contributed by atoms with Gasteiger partial charge in [-0.15, -0.1) is 0 Å². The van der Waals surface area contributed by atoms with Crippen molar-refractivity contribution >= 4 is 11.9 Å². The first-order chi connectivity index (χ1) is 7.63. The van der Waals surface area contributed by atoms with Gasteiger partial charge in [0.05, 0.1) is 18.4 Å². The van der Waals surface area contributed by atoms with Crippen LogP contribution in [0.1, 0.15) is 20.8 Å². The van der Waals surface area contributed by atoms with Crippen LogP contribution in [0.2, 0.25) is 0 Å². The van der Waals surface area contributed by atoms with Gasteiger partial charge in [0, 0.05) is 6.54 Å². The molecule has 0 aromatic carbocycles. The summed E-state index contributed by atoms with van der Waals surface area (Å²) in [6.45, 7) is 4.27. The van der Waals surface area contributed by atoms with Gasteiger partial charge < -0.3 is 20.6 Å². The maximum atomic E-state index is 11.7. The van der Waals surface area contributed by atoms with Crippen molar-refractivity contribution in [2.75, 3.05) is 13.2 Å². The molecule has 17 heavy (non-hydrogen) atoms. The molecule has 0 radical (unpaired) electrons. The fourth-order valence-corrected chi connectivity index (χ4v) is 2.03. The largest absolute Gasteiger partial charge is 0.481 e. The van der Waals surface area contributed by atoms with Crippen LogP contribution in [0.3, 0.4) is 0 Å². The van der Waals surface area contributed by atoms with E-state index in [4.69, 9.17) is 10.2 Å².